The quantitative estimate of drug-likeness (QED) is 0.857. The van der Waals surface area contributed by atoms with E-state index in [0.717, 1.165) is 15.7 Å². The molecule has 0 radical (unpaired) electrons. The highest BCUT2D eigenvalue weighted by Gasteiger charge is 2.23. The summed E-state index contributed by atoms with van der Waals surface area (Å²) < 4.78 is 0.885. The Kier molecular flexibility index (Phi) is 4.46. The number of halogens is 1. The van der Waals surface area contributed by atoms with Crippen LogP contribution >= 0.6 is 27.3 Å². The molecule has 0 bridgehead atoms. The molecule has 5 heteroatoms. The van der Waals surface area contributed by atoms with Gasteiger partial charge in [0.25, 0.3) is 0 Å². The molecule has 0 saturated carbocycles. The van der Waals surface area contributed by atoms with Gasteiger partial charge in [-0.3, -0.25) is 4.79 Å². The zero-order valence-electron chi connectivity index (χ0n) is 10.3. The summed E-state index contributed by atoms with van der Waals surface area (Å²) in [6, 6.07) is 9.59. The molecule has 1 atom stereocenters. The lowest BCUT2D eigenvalue weighted by Gasteiger charge is -2.06. The molecule has 96 valence electrons. The fourth-order valence-electron chi connectivity index (χ4n) is 1.70. The summed E-state index contributed by atoms with van der Waals surface area (Å²) in [6.45, 7) is 1.85. The van der Waals surface area contributed by atoms with Crippen LogP contribution in [-0.2, 0) is 11.2 Å². The van der Waals surface area contributed by atoms with E-state index in [-0.39, 0.29) is 12.2 Å². The van der Waals surface area contributed by atoms with Gasteiger partial charge in [-0.25, -0.2) is 4.98 Å². The highest BCUT2D eigenvalue weighted by atomic mass is 79.9. The number of hydrogen-bond donors (Lipinski definition) is 0. The standard InChI is InChI=1S/C14H11BrN2OS/c1-9-8-19-14(17-9)11(7-16)13(18)6-10-4-2-3-5-12(10)15/h2-5,8,11H,6H2,1H3. The Morgan fingerprint density at radius 2 is 2.26 bits per heavy atom. The third kappa shape index (κ3) is 3.28. The van der Waals surface area contributed by atoms with E-state index in [9.17, 15) is 10.1 Å². The number of hydrogen-bond acceptors (Lipinski definition) is 4. The first-order valence-electron chi connectivity index (χ1n) is 5.69. The van der Waals surface area contributed by atoms with Crippen LogP contribution in [0.1, 0.15) is 22.2 Å². The summed E-state index contributed by atoms with van der Waals surface area (Å²) in [4.78, 5) is 16.5. The second kappa shape index (κ2) is 6.09. The number of carbonyl (C=O) groups excluding carboxylic acids is 1. The van der Waals surface area contributed by atoms with Crippen molar-refractivity contribution in [2.45, 2.75) is 19.3 Å². The van der Waals surface area contributed by atoms with Gasteiger partial charge < -0.3 is 0 Å². The summed E-state index contributed by atoms with van der Waals surface area (Å²) in [5, 5.41) is 11.6. The fourth-order valence-corrected chi connectivity index (χ4v) is 2.99. The second-order valence-corrected chi connectivity index (χ2v) is 5.87. The van der Waals surface area contributed by atoms with Crippen LogP contribution in [0.4, 0.5) is 0 Å². The third-order valence-corrected chi connectivity index (χ3v) is 4.46. The van der Waals surface area contributed by atoms with Crippen LogP contribution in [0, 0.1) is 18.3 Å². The Labute approximate surface area is 124 Å². The van der Waals surface area contributed by atoms with E-state index in [0.29, 0.717) is 5.01 Å². The lowest BCUT2D eigenvalue weighted by atomic mass is 9.99. The SMILES string of the molecule is Cc1csc(C(C#N)C(=O)Cc2ccccc2Br)n1. The van der Waals surface area contributed by atoms with Crippen molar-refractivity contribution >= 4 is 33.0 Å². The molecule has 2 rings (SSSR count). The van der Waals surface area contributed by atoms with Gasteiger partial charge in [0.05, 0.1) is 6.07 Å². The van der Waals surface area contributed by atoms with E-state index in [2.05, 4.69) is 27.0 Å². The molecule has 0 aliphatic rings. The monoisotopic (exact) mass is 334 g/mol. The van der Waals surface area contributed by atoms with Crippen molar-refractivity contribution in [2.75, 3.05) is 0 Å². The molecule has 1 unspecified atom stereocenters. The van der Waals surface area contributed by atoms with Gasteiger partial charge in [-0.15, -0.1) is 11.3 Å². The third-order valence-electron chi connectivity index (χ3n) is 2.66. The lowest BCUT2D eigenvalue weighted by molar-refractivity contribution is -0.118. The van der Waals surface area contributed by atoms with E-state index in [1.54, 1.807) is 0 Å². The van der Waals surface area contributed by atoms with Gasteiger partial charge in [0, 0.05) is 22.0 Å². The summed E-state index contributed by atoms with van der Waals surface area (Å²) in [6.07, 6.45) is 0.234. The molecule has 1 heterocycles. The van der Waals surface area contributed by atoms with E-state index in [4.69, 9.17) is 0 Å². The maximum absolute atomic E-state index is 12.2. The topological polar surface area (TPSA) is 53.8 Å². The normalized spacial score (nSPS) is 11.8. The molecule has 2 aromatic rings. The minimum atomic E-state index is -0.772. The number of nitriles is 1. The van der Waals surface area contributed by atoms with Gasteiger partial charge in [-0.2, -0.15) is 5.26 Å². The molecule has 0 aliphatic heterocycles. The van der Waals surface area contributed by atoms with Crippen molar-refractivity contribution in [1.29, 1.82) is 5.26 Å². The summed E-state index contributed by atoms with van der Waals surface area (Å²) in [5.41, 5.74) is 1.73. The summed E-state index contributed by atoms with van der Waals surface area (Å²) in [7, 11) is 0. The molecule has 1 aromatic heterocycles. The second-order valence-electron chi connectivity index (χ2n) is 4.12. The van der Waals surface area contributed by atoms with Crippen LogP contribution in [0.15, 0.2) is 34.1 Å². The van der Waals surface area contributed by atoms with E-state index >= 15 is 0 Å². The summed E-state index contributed by atoms with van der Waals surface area (Å²) >= 11 is 4.77. The molecular weight excluding hydrogens is 324 g/mol. The number of carbonyl (C=O) groups is 1. The molecule has 19 heavy (non-hydrogen) atoms. The highest BCUT2D eigenvalue weighted by molar-refractivity contribution is 9.10. The number of rotatable bonds is 4. The molecule has 0 aliphatic carbocycles. The smallest absolute Gasteiger partial charge is 0.161 e. The van der Waals surface area contributed by atoms with Gasteiger partial charge in [0.2, 0.25) is 0 Å². The zero-order valence-corrected chi connectivity index (χ0v) is 12.7. The lowest BCUT2D eigenvalue weighted by Crippen LogP contribution is -2.13. The van der Waals surface area contributed by atoms with Gasteiger partial charge in [-0.1, -0.05) is 34.1 Å². The van der Waals surface area contributed by atoms with Crippen molar-refractivity contribution in [1.82, 2.24) is 4.98 Å². The Balaban J connectivity index is 2.19. The molecule has 0 saturated heterocycles. The molecule has 0 N–H and O–H groups in total. The minimum Gasteiger partial charge on any atom is -0.297 e. The molecule has 0 spiro atoms. The zero-order chi connectivity index (χ0) is 13.8. The van der Waals surface area contributed by atoms with Gasteiger partial charge in [-0.05, 0) is 18.6 Å². The maximum Gasteiger partial charge on any atom is 0.161 e. The number of benzene rings is 1. The van der Waals surface area contributed by atoms with Gasteiger partial charge in [0.1, 0.15) is 5.01 Å². The Morgan fingerprint density at radius 3 is 2.84 bits per heavy atom. The first-order valence-corrected chi connectivity index (χ1v) is 7.37. The van der Waals surface area contributed by atoms with Gasteiger partial charge in [0.15, 0.2) is 11.7 Å². The van der Waals surface area contributed by atoms with Crippen molar-refractivity contribution in [2.24, 2.45) is 0 Å². The Bertz CT molecular complexity index is 645. The number of Topliss-reactive ketones (excluding diaryl/α,β-unsaturated/α-hetero) is 1. The van der Waals surface area contributed by atoms with Crippen LogP contribution in [-0.4, -0.2) is 10.8 Å². The highest BCUT2D eigenvalue weighted by Crippen LogP contribution is 2.24. The number of aryl methyl sites for hydroxylation is 1. The fraction of sp³-hybridized carbons (Fsp3) is 0.214. The van der Waals surface area contributed by atoms with Gasteiger partial charge >= 0.3 is 0 Å². The van der Waals surface area contributed by atoms with Crippen LogP contribution < -0.4 is 0 Å². The van der Waals surface area contributed by atoms with E-state index in [1.165, 1.54) is 11.3 Å². The number of aromatic nitrogens is 1. The molecule has 0 amide bonds. The van der Waals surface area contributed by atoms with Crippen molar-refractivity contribution < 1.29 is 4.79 Å². The van der Waals surface area contributed by atoms with E-state index in [1.807, 2.05) is 36.6 Å². The predicted octanol–water partition coefficient (Wildman–Crippen LogP) is 3.63. The van der Waals surface area contributed by atoms with Crippen LogP contribution in [0.25, 0.3) is 0 Å². The molecule has 3 nitrogen and oxygen atoms in total. The largest absolute Gasteiger partial charge is 0.297 e. The minimum absolute atomic E-state index is 0.122. The Hall–Kier alpha value is -1.51. The van der Waals surface area contributed by atoms with Crippen LogP contribution in [0.2, 0.25) is 0 Å². The molecule has 0 fully saturated rings. The van der Waals surface area contributed by atoms with Crippen molar-refractivity contribution in [3.8, 4) is 6.07 Å². The average molecular weight is 335 g/mol. The van der Waals surface area contributed by atoms with Crippen LogP contribution in [0.3, 0.4) is 0 Å². The predicted molar refractivity (Wildman–Crippen MR) is 78.1 cm³/mol. The number of ketones is 1. The first-order chi connectivity index (χ1) is 9.11. The Morgan fingerprint density at radius 1 is 1.53 bits per heavy atom. The number of thiazole rings is 1. The van der Waals surface area contributed by atoms with Crippen LogP contribution in [0.5, 0.6) is 0 Å². The number of nitrogens with zero attached hydrogens (tertiary/aromatic N) is 2. The van der Waals surface area contributed by atoms with Crippen molar-refractivity contribution in [3.63, 3.8) is 0 Å². The first kappa shape index (κ1) is 13.9. The molecule has 1 aromatic carbocycles. The van der Waals surface area contributed by atoms with Crippen molar-refractivity contribution in [3.05, 3.63) is 50.4 Å². The molecular formula is C14H11BrN2OS. The average Bonchev–Trinajstić information content (AvgIpc) is 2.80. The summed E-state index contributed by atoms with van der Waals surface area (Å²) in [5.74, 6) is -0.894. The van der Waals surface area contributed by atoms with E-state index < -0.39 is 5.92 Å². The maximum atomic E-state index is 12.2.